The topological polar surface area (TPSA) is 145 Å². The fraction of sp³-hybridized carbons (Fsp3) is 0.414. The van der Waals surface area contributed by atoms with Crippen molar-refractivity contribution in [3.8, 4) is 0 Å². The molecule has 3 heterocycles. The fourth-order valence-electron chi connectivity index (χ4n) is 7.27. The lowest BCUT2D eigenvalue weighted by atomic mass is 9.52. The Balaban J connectivity index is 1.46. The third-order valence-electron chi connectivity index (χ3n) is 9.05. The van der Waals surface area contributed by atoms with Gasteiger partial charge >= 0.3 is 5.97 Å². The van der Waals surface area contributed by atoms with Crippen LogP contribution in [-0.4, -0.2) is 51.3 Å². The van der Waals surface area contributed by atoms with Crippen molar-refractivity contribution in [2.45, 2.75) is 38.7 Å². The Morgan fingerprint density at radius 3 is 2.44 bits per heavy atom. The zero-order chi connectivity index (χ0) is 27.6. The van der Waals surface area contributed by atoms with Crippen LogP contribution in [0.2, 0.25) is 0 Å². The minimum atomic E-state index is -1.22. The van der Waals surface area contributed by atoms with E-state index in [0.717, 1.165) is 10.5 Å². The summed E-state index contributed by atoms with van der Waals surface area (Å²) in [4.78, 5) is 68.3. The number of carboxylic acid groups (broad SMARTS) is 1. The van der Waals surface area contributed by atoms with Crippen LogP contribution in [0.4, 0.5) is 5.69 Å². The standard InChI is InChI=1S/C29H28N2O8/c1-29-20(26(36)31(28(29)38)15-5-3-2-4-6-15)13-19-17(24(29)21-10-7-16(14-32)39-21)8-9-18-23(19)27(37)30(25(18)35)12-11-22(33)34/h2-8,10,18-20,23-24,32H,9,11-14H2,1H3,(H,33,34)/t18-,19+,20-,23-,24+,29+/m0/s1. The fourth-order valence-corrected chi connectivity index (χ4v) is 7.27. The van der Waals surface area contributed by atoms with Crippen LogP contribution in [0.25, 0.3) is 0 Å². The van der Waals surface area contributed by atoms with Gasteiger partial charge in [-0.15, -0.1) is 0 Å². The van der Waals surface area contributed by atoms with Gasteiger partial charge in [0, 0.05) is 6.54 Å². The molecule has 6 atom stereocenters. The number of allylic oxidation sites excluding steroid dienone is 2. The first-order chi connectivity index (χ1) is 18.7. The number of aliphatic carboxylic acids is 1. The van der Waals surface area contributed by atoms with Crippen LogP contribution in [0.3, 0.4) is 0 Å². The maximum atomic E-state index is 14.2. The van der Waals surface area contributed by atoms with Crippen molar-refractivity contribution in [1.29, 1.82) is 0 Å². The highest BCUT2D eigenvalue weighted by atomic mass is 16.4. The van der Waals surface area contributed by atoms with E-state index in [0.29, 0.717) is 17.2 Å². The molecule has 39 heavy (non-hydrogen) atoms. The molecule has 2 aromatic rings. The summed E-state index contributed by atoms with van der Waals surface area (Å²) in [5.41, 5.74) is 0.00622. The highest BCUT2D eigenvalue weighted by Gasteiger charge is 2.68. The molecule has 4 amide bonds. The number of nitrogens with zero attached hydrogens (tertiary/aromatic N) is 2. The summed E-state index contributed by atoms with van der Waals surface area (Å²) in [6.07, 6.45) is 2.02. The molecule has 1 aromatic carbocycles. The molecule has 2 aliphatic heterocycles. The molecule has 10 nitrogen and oxygen atoms in total. The monoisotopic (exact) mass is 532 g/mol. The van der Waals surface area contributed by atoms with E-state index in [-0.39, 0.29) is 44.2 Å². The number of aliphatic hydroxyl groups is 1. The molecule has 0 bridgehead atoms. The number of anilines is 1. The number of benzene rings is 1. The number of fused-ring (bicyclic) bond motifs is 4. The normalized spacial score (nSPS) is 31.7. The van der Waals surface area contributed by atoms with Gasteiger partial charge in [-0.05, 0) is 49.9 Å². The summed E-state index contributed by atoms with van der Waals surface area (Å²) in [7, 11) is 0. The molecule has 1 aromatic heterocycles. The molecular formula is C29H28N2O8. The molecule has 3 fully saturated rings. The third-order valence-corrected chi connectivity index (χ3v) is 9.05. The zero-order valence-electron chi connectivity index (χ0n) is 21.3. The van der Waals surface area contributed by atoms with Gasteiger partial charge in [0.15, 0.2) is 0 Å². The van der Waals surface area contributed by atoms with E-state index in [2.05, 4.69) is 0 Å². The van der Waals surface area contributed by atoms with Crippen molar-refractivity contribution < 1.29 is 38.6 Å². The van der Waals surface area contributed by atoms with Crippen molar-refractivity contribution in [2.75, 3.05) is 11.4 Å². The van der Waals surface area contributed by atoms with Crippen molar-refractivity contribution in [1.82, 2.24) is 4.90 Å². The quantitative estimate of drug-likeness (QED) is 0.426. The van der Waals surface area contributed by atoms with E-state index >= 15 is 0 Å². The van der Waals surface area contributed by atoms with E-state index in [4.69, 9.17) is 9.52 Å². The number of para-hydroxylation sites is 1. The van der Waals surface area contributed by atoms with Crippen LogP contribution in [0.5, 0.6) is 0 Å². The lowest BCUT2D eigenvalue weighted by Gasteiger charge is -2.48. The number of amides is 4. The van der Waals surface area contributed by atoms with Crippen LogP contribution in [-0.2, 0) is 30.6 Å². The van der Waals surface area contributed by atoms with Gasteiger partial charge in [0.2, 0.25) is 23.6 Å². The number of likely N-dealkylation sites (tertiary alicyclic amines) is 1. The van der Waals surface area contributed by atoms with E-state index in [1.54, 1.807) is 49.4 Å². The summed E-state index contributed by atoms with van der Waals surface area (Å²) in [6.45, 7) is 1.22. The van der Waals surface area contributed by atoms with Crippen molar-refractivity contribution in [3.05, 3.63) is 65.6 Å². The molecule has 10 heteroatoms. The van der Waals surface area contributed by atoms with Gasteiger partial charge in [0.25, 0.3) is 0 Å². The van der Waals surface area contributed by atoms with Crippen LogP contribution >= 0.6 is 0 Å². The average molecular weight is 533 g/mol. The predicted octanol–water partition coefficient (Wildman–Crippen LogP) is 2.48. The Morgan fingerprint density at radius 2 is 1.77 bits per heavy atom. The summed E-state index contributed by atoms with van der Waals surface area (Å²) < 4.78 is 5.96. The number of carboxylic acids is 1. The molecule has 0 unspecified atom stereocenters. The molecular weight excluding hydrogens is 504 g/mol. The first-order valence-electron chi connectivity index (χ1n) is 13.1. The Morgan fingerprint density at radius 1 is 1.03 bits per heavy atom. The lowest BCUT2D eigenvalue weighted by molar-refractivity contribution is -0.142. The number of rotatable bonds is 6. The Labute approximate surface area is 223 Å². The first kappa shape index (κ1) is 25.2. The predicted molar refractivity (Wildman–Crippen MR) is 135 cm³/mol. The number of hydrogen-bond donors (Lipinski definition) is 2. The Kier molecular flexibility index (Phi) is 5.83. The summed E-state index contributed by atoms with van der Waals surface area (Å²) in [5.74, 6) is -5.32. The van der Waals surface area contributed by atoms with Gasteiger partial charge in [-0.1, -0.05) is 29.8 Å². The largest absolute Gasteiger partial charge is 0.481 e. The maximum absolute atomic E-state index is 14.2. The number of carbonyl (C=O) groups excluding carboxylic acids is 4. The van der Waals surface area contributed by atoms with Gasteiger partial charge in [-0.3, -0.25) is 28.9 Å². The number of imide groups is 2. The lowest BCUT2D eigenvalue weighted by Crippen LogP contribution is -2.48. The van der Waals surface area contributed by atoms with Crippen molar-refractivity contribution in [3.63, 3.8) is 0 Å². The van der Waals surface area contributed by atoms with E-state index in [9.17, 15) is 29.1 Å². The van der Waals surface area contributed by atoms with Gasteiger partial charge in [0.1, 0.15) is 18.1 Å². The molecule has 0 spiro atoms. The molecule has 2 saturated heterocycles. The number of hydrogen-bond acceptors (Lipinski definition) is 7. The highest BCUT2D eigenvalue weighted by Crippen LogP contribution is 2.63. The molecule has 202 valence electrons. The molecule has 1 saturated carbocycles. The molecule has 2 aliphatic carbocycles. The van der Waals surface area contributed by atoms with Gasteiger partial charge in [-0.25, -0.2) is 4.90 Å². The van der Waals surface area contributed by atoms with Crippen LogP contribution < -0.4 is 4.90 Å². The molecule has 0 radical (unpaired) electrons. The molecule has 6 rings (SSSR count). The number of furan rings is 1. The summed E-state index contributed by atoms with van der Waals surface area (Å²) in [5, 5.41) is 18.8. The average Bonchev–Trinajstić information content (AvgIpc) is 3.55. The number of carbonyl (C=O) groups is 5. The highest BCUT2D eigenvalue weighted by molar-refractivity contribution is 6.24. The maximum Gasteiger partial charge on any atom is 0.305 e. The number of aliphatic hydroxyl groups excluding tert-OH is 1. The molecule has 4 aliphatic rings. The zero-order valence-corrected chi connectivity index (χ0v) is 21.3. The minimum Gasteiger partial charge on any atom is -0.481 e. The SMILES string of the molecule is C[C@@]12C(=O)N(c3ccccc3)C(=O)[C@@H]1C[C@@H]1C(=CC[C@@H]3C(=O)N(CCC(=O)O)C(=O)[C@@H]31)[C@@H]2c1ccc(CO)o1. The first-order valence-corrected chi connectivity index (χ1v) is 13.1. The molecule has 2 N–H and O–H groups in total. The summed E-state index contributed by atoms with van der Waals surface area (Å²) in [6, 6.07) is 12.0. The van der Waals surface area contributed by atoms with E-state index in [1.807, 2.05) is 6.08 Å². The minimum absolute atomic E-state index is 0.202. The van der Waals surface area contributed by atoms with E-state index in [1.165, 1.54) is 4.90 Å². The van der Waals surface area contributed by atoms with Crippen molar-refractivity contribution >= 4 is 35.3 Å². The van der Waals surface area contributed by atoms with E-state index < -0.39 is 52.8 Å². The van der Waals surface area contributed by atoms with Crippen LogP contribution in [0.1, 0.15) is 43.6 Å². The second kappa shape index (κ2) is 9.01. The third kappa shape index (κ3) is 3.54. The Bertz CT molecular complexity index is 1430. The van der Waals surface area contributed by atoms with Crippen LogP contribution in [0, 0.1) is 29.1 Å². The Hall–Kier alpha value is -4.05. The second-order valence-corrected chi connectivity index (χ2v) is 10.9. The second-order valence-electron chi connectivity index (χ2n) is 10.9. The van der Waals surface area contributed by atoms with Gasteiger partial charge in [-0.2, -0.15) is 0 Å². The summed E-state index contributed by atoms with van der Waals surface area (Å²) >= 11 is 0. The van der Waals surface area contributed by atoms with Gasteiger partial charge < -0.3 is 14.6 Å². The smallest absolute Gasteiger partial charge is 0.305 e. The van der Waals surface area contributed by atoms with Crippen molar-refractivity contribution in [2.24, 2.45) is 29.1 Å². The van der Waals surface area contributed by atoms with Gasteiger partial charge in [0.05, 0.1) is 41.2 Å². The van der Waals surface area contributed by atoms with Crippen LogP contribution in [0.15, 0.2) is 58.5 Å².